The first-order valence-electron chi connectivity index (χ1n) is 9.86. The lowest BCUT2D eigenvalue weighted by molar-refractivity contribution is 0.0697. The van der Waals surface area contributed by atoms with Crippen molar-refractivity contribution in [1.29, 1.82) is 0 Å². The molecule has 2 aromatic carbocycles. The second kappa shape index (κ2) is 8.37. The zero-order valence-corrected chi connectivity index (χ0v) is 17.4. The van der Waals surface area contributed by atoms with Gasteiger partial charge in [0, 0.05) is 12.7 Å². The lowest BCUT2D eigenvalue weighted by Crippen LogP contribution is -2.28. The Morgan fingerprint density at radius 2 is 1.71 bits per heavy atom. The molecule has 7 nitrogen and oxygen atoms in total. The van der Waals surface area contributed by atoms with E-state index >= 15 is 0 Å². The van der Waals surface area contributed by atoms with Gasteiger partial charge in [-0.3, -0.25) is 9.13 Å². The molecule has 1 fully saturated rings. The minimum absolute atomic E-state index is 0. The number of nitrogens with zero attached hydrogens (tertiary/aromatic N) is 3. The summed E-state index contributed by atoms with van der Waals surface area (Å²) in [4.78, 5) is 28.9. The van der Waals surface area contributed by atoms with E-state index in [0.717, 1.165) is 41.8 Å². The number of hydrogen-bond acceptors (Lipinski definition) is 4. The van der Waals surface area contributed by atoms with E-state index in [4.69, 9.17) is 5.11 Å². The first-order valence-corrected chi connectivity index (χ1v) is 9.86. The second-order valence-corrected chi connectivity index (χ2v) is 7.41. The Kier molecular flexibility index (Phi) is 5.63. The molecule has 0 aliphatic carbocycles. The molecule has 0 bridgehead atoms. The van der Waals surface area contributed by atoms with Crippen LogP contribution < -0.4 is 11.0 Å². The Morgan fingerprint density at radius 1 is 1.03 bits per heavy atom. The molecule has 31 heavy (non-hydrogen) atoms. The summed E-state index contributed by atoms with van der Waals surface area (Å²) in [6, 6.07) is 18.3. The maximum atomic E-state index is 13.3. The molecule has 1 unspecified atom stereocenters. The van der Waals surface area contributed by atoms with E-state index in [9.17, 15) is 9.59 Å². The number of aromatic carboxylic acids is 1. The fourth-order valence-corrected chi connectivity index (χ4v) is 4.10. The highest BCUT2D eigenvalue weighted by Gasteiger charge is 2.24. The summed E-state index contributed by atoms with van der Waals surface area (Å²) >= 11 is 0. The zero-order valence-electron chi connectivity index (χ0n) is 16.6. The molecule has 0 radical (unpaired) electrons. The highest BCUT2D eigenvalue weighted by molar-refractivity contribution is 5.88. The van der Waals surface area contributed by atoms with E-state index in [0.29, 0.717) is 5.65 Å². The summed E-state index contributed by atoms with van der Waals surface area (Å²) in [7, 11) is 0. The van der Waals surface area contributed by atoms with E-state index in [2.05, 4.69) is 10.3 Å². The van der Waals surface area contributed by atoms with Crippen molar-refractivity contribution in [3.05, 3.63) is 82.9 Å². The Labute approximate surface area is 184 Å². The van der Waals surface area contributed by atoms with Crippen LogP contribution in [0.25, 0.3) is 28.0 Å². The number of halogens is 1. The van der Waals surface area contributed by atoms with Crippen molar-refractivity contribution in [2.45, 2.75) is 12.5 Å². The first kappa shape index (κ1) is 20.8. The van der Waals surface area contributed by atoms with Gasteiger partial charge in [-0.25, -0.2) is 14.6 Å². The molecule has 3 heterocycles. The van der Waals surface area contributed by atoms with Crippen molar-refractivity contribution < 1.29 is 9.90 Å². The number of imidazole rings is 1. The number of aromatic nitrogens is 3. The van der Waals surface area contributed by atoms with Crippen LogP contribution >= 0.6 is 12.4 Å². The first-order chi connectivity index (χ1) is 14.6. The summed E-state index contributed by atoms with van der Waals surface area (Å²) in [5.41, 5.74) is 4.29. The minimum Gasteiger partial charge on any atom is -0.478 e. The second-order valence-electron chi connectivity index (χ2n) is 7.41. The van der Waals surface area contributed by atoms with Crippen LogP contribution in [0.1, 0.15) is 22.8 Å². The quantitative estimate of drug-likeness (QED) is 0.511. The maximum absolute atomic E-state index is 13.3. The summed E-state index contributed by atoms with van der Waals surface area (Å²) in [6.45, 7) is 1.66. The van der Waals surface area contributed by atoms with Crippen LogP contribution in [0.4, 0.5) is 0 Å². The Bertz CT molecular complexity index is 1290. The lowest BCUT2D eigenvalue weighted by atomic mass is 10.0. The normalized spacial score (nSPS) is 15.7. The number of carboxylic acids is 1. The Morgan fingerprint density at radius 3 is 2.32 bits per heavy atom. The molecule has 1 saturated heterocycles. The molecule has 5 rings (SSSR count). The predicted molar refractivity (Wildman–Crippen MR) is 121 cm³/mol. The van der Waals surface area contributed by atoms with Gasteiger partial charge in [0.25, 0.3) is 0 Å². The molecule has 1 aliphatic rings. The van der Waals surface area contributed by atoms with E-state index in [-0.39, 0.29) is 29.7 Å². The number of fused-ring (bicyclic) bond motifs is 1. The molecule has 0 saturated carbocycles. The molecule has 0 amide bonds. The molecule has 4 aromatic rings. The summed E-state index contributed by atoms with van der Waals surface area (Å²) in [6.07, 6.45) is 2.62. The van der Waals surface area contributed by atoms with Gasteiger partial charge in [0.2, 0.25) is 0 Å². The van der Waals surface area contributed by atoms with Crippen molar-refractivity contribution in [3.8, 4) is 16.8 Å². The van der Waals surface area contributed by atoms with Gasteiger partial charge in [-0.2, -0.15) is 0 Å². The van der Waals surface area contributed by atoms with Crippen LogP contribution in [-0.4, -0.2) is 38.3 Å². The lowest BCUT2D eigenvalue weighted by Gasteiger charge is -2.09. The zero-order chi connectivity index (χ0) is 20.7. The summed E-state index contributed by atoms with van der Waals surface area (Å²) < 4.78 is 3.51. The van der Waals surface area contributed by atoms with Crippen LogP contribution in [0.2, 0.25) is 0 Å². The monoisotopic (exact) mass is 436 g/mol. The molecule has 158 valence electrons. The van der Waals surface area contributed by atoms with Gasteiger partial charge >= 0.3 is 11.7 Å². The van der Waals surface area contributed by atoms with Gasteiger partial charge in [0.05, 0.1) is 22.8 Å². The number of nitrogens with one attached hydrogen (secondary N) is 1. The van der Waals surface area contributed by atoms with Crippen LogP contribution in [0, 0.1) is 0 Å². The van der Waals surface area contributed by atoms with Crippen LogP contribution in [0.5, 0.6) is 0 Å². The smallest absolute Gasteiger partial charge is 0.335 e. The summed E-state index contributed by atoms with van der Waals surface area (Å²) in [5.74, 6) is -0.946. The average molecular weight is 437 g/mol. The topological polar surface area (TPSA) is 89.1 Å². The minimum atomic E-state index is -0.946. The number of hydrogen-bond donors (Lipinski definition) is 2. The van der Waals surface area contributed by atoms with Gasteiger partial charge in [0.1, 0.15) is 0 Å². The van der Waals surface area contributed by atoms with E-state index in [1.165, 1.54) is 0 Å². The Hall–Kier alpha value is -3.42. The molecular weight excluding hydrogens is 416 g/mol. The highest BCUT2D eigenvalue weighted by Crippen LogP contribution is 2.25. The van der Waals surface area contributed by atoms with Crippen molar-refractivity contribution in [2.75, 3.05) is 13.1 Å². The Balaban J connectivity index is 0.00000231. The molecule has 0 spiro atoms. The number of carbonyl (C=O) groups is 1. The number of carboxylic acid groups (broad SMARTS) is 1. The third kappa shape index (κ3) is 3.62. The van der Waals surface area contributed by atoms with Crippen molar-refractivity contribution >= 4 is 29.5 Å². The van der Waals surface area contributed by atoms with Crippen molar-refractivity contribution in [1.82, 2.24) is 19.4 Å². The fourth-order valence-electron chi connectivity index (χ4n) is 4.10. The molecular formula is C23H21ClN4O3. The number of rotatable bonds is 4. The molecule has 1 atom stereocenters. The number of benzene rings is 2. The molecule has 2 N–H and O–H groups in total. The van der Waals surface area contributed by atoms with Crippen molar-refractivity contribution in [2.24, 2.45) is 0 Å². The van der Waals surface area contributed by atoms with E-state index in [1.807, 2.05) is 36.4 Å². The number of pyridine rings is 1. The fraction of sp³-hybridized carbons (Fsp3) is 0.174. The van der Waals surface area contributed by atoms with Crippen LogP contribution in [0.3, 0.4) is 0 Å². The van der Waals surface area contributed by atoms with E-state index < -0.39 is 5.97 Å². The van der Waals surface area contributed by atoms with Gasteiger partial charge < -0.3 is 10.4 Å². The van der Waals surface area contributed by atoms with Gasteiger partial charge in [-0.15, -0.1) is 12.4 Å². The van der Waals surface area contributed by atoms with E-state index in [1.54, 1.807) is 39.6 Å². The SMILES string of the molecule is Cl.O=C(O)c1ccc(-c2ccc(-n3c(=O)n(C4CCNC4)c4ncccc43)cc2)cc1. The van der Waals surface area contributed by atoms with Gasteiger partial charge in [-0.05, 0) is 60.5 Å². The van der Waals surface area contributed by atoms with Crippen LogP contribution in [0.15, 0.2) is 71.7 Å². The largest absolute Gasteiger partial charge is 0.478 e. The average Bonchev–Trinajstić information content (AvgIpc) is 3.39. The molecule has 2 aromatic heterocycles. The highest BCUT2D eigenvalue weighted by atomic mass is 35.5. The summed E-state index contributed by atoms with van der Waals surface area (Å²) in [5, 5.41) is 12.4. The van der Waals surface area contributed by atoms with Gasteiger partial charge in [0.15, 0.2) is 5.65 Å². The third-order valence-corrected chi connectivity index (χ3v) is 5.62. The standard InChI is InChI=1S/C23H20N4O3.ClH/c28-22(29)17-5-3-15(4-6-17)16-7-9-18(10-8-16)26-20-2-1-12-25-21(20)27(23(26)30)19-11-13-24-14-19;/h1-10,12,19,24H,11,13-14H2,(H,28,29);1H. The van der Waals surface area contributed by atoms with Crippen LogP contribution in [-0.2, 0) is 0 Å². The maximum Gasteiger partial charge on any atom is 0.335 e. The molecule has 1 aliphatic heterocycles. The predicted octanol–water partition coefficient (Wildman–Crippen LogP) is 3.51. The molecule has 8 heteroatoms. The third-order valence-electron chi connectivity index (χ3n) is 5.62. The van der Waals surface area contributed by atoms with Gasteiger partial charge in [-0.1, -0.05) is 24.3 Å². The van der Waals surface area contributed by atoms with Crippen molar-refractivity contribution in [3.63, 3.8) is 0 Å².